The van der Waals surface area contributed by atoms with Crippen LogP contribution in [0.25, 0.3) is 92.3 Å². The minimum Gasteiger partial charge on any atom is -0.0795 e. The monoisotopic (exact) mass is 438 g/mol. The van der Waals surface area contributed by atoms with Gasteiger partial charge in [0.15, 0.2) is 0 Å². The van der Waals surface area contributed by atoms with E-state index in [2.05, 4.69) is 97.1 Å². The van der Waals surface area contributed by atoms with E-state index in [4.69, 9.17) is 0 Å². The second kappa shape index (κ2) is 5.45. The molecule has 0 saturated heterocycles. The SMILES string of the molecule is C1=Cc2ccc3c4c5cc6ccccc6c6ccc7ccc(c8c9cccc(c9c2c38)C1)c4c7c65. The summed E-state index contributed by atoms with van der Waals surface area (Å²) in [6.45, 7) is 0. The largest absolute Gasteiger partial charge is 0.0795 e. The lowest BCUT2D eigenvalue weighted by molar-refractivity contribution is 1.32. The van der Waals surface area contributed by atoms with Gasteiger partial charge < -0.3 is 0 Å². The van der Waals surface area contributed by atoms with Crippen molar-refractivity contribution in [2.45, 2.75) is 6.42 Å². The van der Waals surface area contributed by atoms with Crippen LogP contribution < -0.4 is 0 Å². The summed E-state index contributed by atoms with van der Waals surface area (Å²) in [5.41, 5.74) is 2.80. The zero-order chi connectivity index (χ0) is 22.4. The van der Waals surface area contributed by atoms with Crippen molar-refractivity contribution < 1.29 is 0 Å². The maximum absolute atomic E-state index is 2.45. The van der Waals surface area contributed by atoms with Crippen molar-refractivity contribution in [2.75, 3.05) is 0 Å². The van der Waals surface area contributed by atoms with Crippen molar-refractivity contribution in [3.05, 3.63) is 102 Å². The van der Waals surface area contributed by atoms with Crippen LogP contribution >= 0.6 is 0 Å². The lowest BCUT2D eigenvalue weighted by Gasteiger charge is -2.10. The van der Waals surface area contributed by atoms with Gasteiger partial charge >= 0.3 is 0 Å². The molecule has 0 spiro atoms. The molecule has 9 aromatic rings. The van der Waals surface area contributed by atoms with Gasteiger partial charge in [-0.05, 0) is 110 Å². The fourth-order valence-electron chi connectivity index (χ4n) is 7.59. The zero-order valence-electron chi connectivity index (χ0n) is 18.9. The normalized spacial score (nSPS) is 14.1. The van der Waals surface area contributed by atoms with Crippen molar-refractivity contribution in [1.29, 1.82) is 0 Å². The molecule has 0 N–H and O–H groups in total. The van der Waals surface area contributed by atoms with Crippen LogP contribution in [0.3, 0.4) is 0 Å². The highest BCUT2D eigenvalue weighted by molar-refractivity contribution is 6.51. The molecule has 0 nitrogen and oxygen atoms in total. The molecule has 35 heavy (non-hydrogen) atoms. The first kappa shape index (κ1) is 17.1. The summed E-state index contributed by atoms with van der Waals surface area (Å²) in [5.74, 6) is 0. The van der Waals surface area contributed by atoms with Crippen LogP contribution in [-0.4, -0.2) is 0 Å². The van der Waals surface area contributed by atoms with Gasteiger partial charge in [-0.25, -0.2) is 0 Å². The van der Waals surface area contributed by atoms with Crippen LogP contribution in [0.5, 0.6) is 0 Å². The zero-order valence-corrected chi connectivity index (χ0v) is 18.9. The van der Waals surface area contributed by atoms with Crippen molar-refractivity contribution in [2.24, 2.45) is 0 Å². The summed E-state index contributed by atoms with van der Waals surface area (Å²) in [5, 5.41) is 22.6. The number of rotatable bonds is 0. The minimum atomic E-state index is 0.997. The Labute approximate surface area is 200 Å². The van der Waals surface area contributed by atoms with Gasteiger partial charge in [0, 0.05) is 0 Å². The summed E-state index contributed by atoms with van der Waals surface area (Å²) >= 11 is 0. The summed E-state index contributed by atoms with van der Waals surface area (Å²) < 4.78 is 0. The van der Waals surface area contributed by atoms with Gasteiger partial charge in [-0.15, -0.1) is 0 Å². The Balaban J connectivity index is 1.65. The Hall–Kier alpha value is -4.42. The first-order valence-electron chi connectivity index (χ1n) is 12.5. The third kappa shape index (κ3) is 1.74. The Bertz CT molecular complexity index is 2380. The van der Waals surface area contributed by atoms with Gasteiger partial charge in [-0.2, -0.15) is 0 Å². The van der Waals surface area contributed by atoms with Crippen LogP contribution in [0, 0.1) is 0 Å². The summed E-state index contributed by atoms with van der Waals surface area (Å²) in [6, 6.07) is 32.4. The average Bonchev–Trinajstić information content (AvgIpc) is 3.35. The standard InChI is InChI=1S/C35H18/c1-2-9-22-21(5-1)17-27-31-23(22)14-11-20-13-16-25-32-24-10-4-8-18-6-3-7-19-12-15-26(33(27)35(25)30(20)31)34(32)29(19)28(18)24/h1-5,7-17H,6H2. The molecule has 158 valence electrons. The molecular formula is C35H18. The highest BCUT2D eigenvalue weighted by Gasteiger charge is 2.26. The van der Waals surface area contributed by atoms with Crippen LogP contribution in [0.2, 0.25) is 0 Å². The molecule has 0 atom stereocenters. The van der Waals surface area contributed by atoms with E-state index in [1.54, 1.807) is 0 Å². The highest BCUT2D eigenvalue weighted by atomic mass is 14.3. The first-order valence-corrected chi connectivity index (χ1v) is 12.5. The van der Waals surface area contributed by atoms with Gasteiger partial charge in [0.2, 0.25) is 0 Å². The van der Waals surface area contributed by atoms with Crippen LogP contribution in [0.1, 0.15) is 11.1 Å². The molecule has 0 unspecified atom stereocenters. The number of fused-ring (bicyclic) bond motifs is 6. The van der Waals surface area contributed by atoms with Crippen molar-refractivity contribution in [1.82, 2.24) is 0 Å². The van der Waals surface area contributed by atoms with Gasteiger partial charge in [0.05, 0.1) is 0 Å². The number of allylic oxidation sites excluding steroid dienone is 1. The molecule has 9 aromatic carbocycles. The quantitative estimate of drug-likeness (QED) is 0.163. The summed E-state index contributed by atoms with van der Waals surface area (Å²) in [6.07, 6.45) is 5.66. The van der Waals surface area contributed by atoms with E-state index < -0.39 is 0 Å². The molecule has 1 aliphatic rings. The molecule has 0 saturated carbocycles. The smallest absolute Gasteiger partial charge is 0.000739 e. The molecule has 0 amide bonds. The van der Waals surface area contributed by atoms with E-state index in [1.165, 1.54) is 97.3 Å². The van der Waals surface area contributed by atoms with E-state index in [0.717, 1.165) is 6.42 Å². The molecule has 1 aliphatic carbocycles. The molecule has 10 rings (SSSR count). The van der Waals surface area contributed by atoms with Gasteiger partial charge in [0.1, 0.15) is 0 Å². The first-order chi connectivity index (χ1) is 17.4. The fourth-order valence-corrected chi connectivity index (χ4v) is 7.59. The molecule has 0 radical (unpaired) electrons. The molecule has 0 heteroatoms. The second-order valence-electron chi connectivity index (χ2n) is 10.4. The average molecular weight is 439 g/mol. The summed E-state index contributed by atoms with van der Waals surface area (Å²) in [7, 11) is 0. The Kier molecular flexibility index (Phi) is 2.66. The van der Waals surface area contributed by atoms with Crippen LogP contribution in [-0.2, 0) is 6.42 Å². The topological polar surface area (TPSA) is 0 Å². The molecular weight excluding hydrogens is 420 g/mol. The van der Waals surface area contributed by atoms with Gasteiger partial charge in [-0.1, -0.05) is 91.0 Å². The molecule has 0 aliphatic heterocycles. The van der Waals surface area contributed by atoms with E-state index in [-0.39, 0.29) is 0 Å². The second-order valence-corrected chi connectivity index (χ2v) is 10.4. The third-order valence-corrected chi connectivity index (χ3v) is 8.86. The predicted octanol–water partition coefficient (Wildman–Crippen LogP) is 9.79. The van der Waals surface area contributed by atoms with Crippen molar-refractivity contribution in [3.63, 3.8) is 0 Å². The molecule has 0 bridgehead atoms. The molecule has 0 heterocycles. The molecule has 0 aromatic heterocycles. The lowest BCUT2D eigenvalue weighted by atomic mass is 9.93. The highest BCUT2D eigenvalue weighted by Crippen LogP contribution is 2.54. The Morgan fingerprint density at radius 2 is 1.11 bits per heavy atom. The van der Waals surface area contributed by atoms with Crippen LogP contribution in [0.15, 0.2) is 91.0 Å². The minimum absolute atomic E-state index is 0.997. The van der Waals surface area contributed by atoms with Crippen LogP contribution in [0.4, 0.5) is 0 Å². The van der Waals surface area contributed by atoms with E-state index in [0.29, 0.717) is 0 Å². The fraction of sp³-hybridized carbons (Fsp3) is 0.0286. The van der Waals surface area contributed by atoms with Gasteiger partial charge in [-0.3, -0.25) is 0 Å². The Morgan fingerprint density at radius 3 is 2.06 bits per heavy atom. The predicted molar refractivity (Wildman–Crippen MR) is 153 cm³/mol. The van der Waals surface area contributed by atoms with Crippen molar-refractivity contribution >= 4 is 92.3 Å². The maximum atomic E-state index is 2.45. The Morgan fingerprint density at radius 1 is 0.400 bits per heavy atom. The molecule has 0 fully saturated rings. The van der Waals surface area contributed by atoms with Gasteiger partial charge in [0.25, 0.3) is 0 Å². The number of benzene rings is 7. The lowest BCUT2D eigenvalue weighted by Crippen LogP contribution is -1.82. The third-order valence-electron chi connectivity index (χ3n) is 8.86. The number of hydrogen-bond acceptors (Lipinski definition) is 0. The van der Waals surface area contributed by atoms with Crippen molar-refractivity contribution in [3.8, 4) is 0 Å². The van der Waals surface area contributed by atoms with E-state index >= 15 is 0 Å². The summed E-state index contributed by atoms with van der Waals surface area (Å²) in [4.78, 5) is 0. The number of hydrogen-bond donors (Lipinski definition) is 0. The maximum Gasteiger partial charge on any atom is -0.000739 e. The van der Waals surface area contributed by atoms with E-state index in [9.17, 15) is 0 Å². The van der Waals surface area contributed by atoms with E-state index in [1.807, 2.05) is 0 Å².